The van der Waals surface area contributed by atoms with Crippen LogP contribution in [-0.2, 0) is 0 Å². The van der Waals surface area contributed by atoms with Crippen LogP contribution in [0.25, 0.3) is 5.57 Å². The van der Waals surface area contributed by atoms with Gasteiger partial charge in [0.15, 0.2) is 0 Å². The van der Waals surface area contributed by atoms with E-state index in [1.165, 1.54) is 0 Å². The van der Waals surface area contributed by atoms with E-state index in [2.05, 4.69) is 5.32 Å². The molecular formula is C14H19NO2. The Balaban J connectivity index is 2.44. The molecule has 17 heavy (non-hydrogen) atoms. The predicted octanol–water partition coefficient (Wildman–Crippen LogP) is 2.60. The molecule has 1 aromatic rings. The lowest BCUT2D eigenvalue weighted by atomic mass is 9.94. The zero-order chi connectivity index (χ0) is 12.4. The fourth-order valence-corrected chi connectivity index (χ4v) is 2.14. The van der Waals surface area contributed by atoms with Gasteiger partial charge < -0.3 is 15.5 Å². The first-order chi connectivity index (χ1) is 8.09. The van der Waals surface area contributed by atoms with Crippen LogP contribution in [0.5, 0.6) is 11.5 Å². The first kappa shape index (κ1) is 12.0. The smallest absolute Gasteiger partial charge is 0.127 e. The maximum atomic E-state index is 10.1. The molecule has 0 atom stereocenters. The Kier molecular flexibility index (Phi) is 3.38. The second kappa shape index (κ2) is 4.80. The molecule has 0 unspecified atom stereocenters. The molecule has 0 aliphatic carbocycles. The van der Waals surface area contributed by atoms with Crippen LogP contribution < -0.4 is 5.32 Å². The van der Waals surface area contributed by atoms with Crippen molar-refractivity contribution in [3.63, 3.8) is 0 Å². The van der Waals surface area contributed by atoms with E-state index in [0.29, 0.717) is 11.5 Å². The molecule has 0 fully saturated rings. The van der Waals surface area contributed by atoms with Gasteiger partial charge in [-0.05, 0) is 42.2 Å². The SMILES string of the molecule is CC(C)c1cc(O)c(C2=CCNCC2)c(O)c1. The highest BCUT2D eigenvalue weighted by Gasteiger charge is 2.16. The molecule has 1 aromatic carbocycles. The van der Waals surface area contributed by atoms with E-state index < -0.39 is 0 Å². The highest BCUT2D eigenvalue weighted by molar-refractivity contribution is 5.76. The Morgan fingerprint density at radius 2 is 1.82 bits per heavy atom. The van der Waals surface area contributed by atoms with Crippen molar-refractivity contribution in [2.45, 2.75) is 26.2 Å². The summed E-state index contributed by atoms with van der Waals surface area (Å²) in [5.41, 5.74) is 2.57. The molecule has 92 valence electrons. The lowest BCUT2D eigenvalue weighted by Gasteiger charge is -2.18. The molecule has 0 amide bonds. The summed E-state index contributed by atoms with van der Waals surface area (Å²) in [4.78, 5) is 0. The van der Waals surface area contributed by atoms with Gasteiger partial charge in [0.05, 0.1) is 5.56 Å². The lowest BCUT2D eigenvalue weighted by molar-refractivity contribution is 0.444. The fraction of sp³-hybridized carbons (Fsp3) is 0.429. The molecule has 0 bridgehead atoms. The molecule has 2 rings (SSSR count). The molecule has 0 radical (unpaired) electrons. The molecule has 0 saturated heterocycles. The lowest BCUT2D eigenvalue weighted by Crippen LogP contribution is -2.20. The molecule has 3 nitrogen and oxygen atoms in total. The van der Waals surface area contributed by atoms with Crippen molar-refractivity contribution in [1.82, 2.24) is 5.32 Å². The Labute approximate surface area is 102 Å². The second-order valence-corrected chi connectivity index (χ2v) is 4.77. The number of rotatable bonds is 2. The van der Waals surface area contributed by atoms with E-state index >= 15 is 0 Å². The number of benzene rings is 1. The van der Waals surface area contributed by atoms with Gasteiger partial charge in [-0.25, -0.2) is 0 Å². The monoisotopic (exact) mass is 233 g/mol. The molecular weight excluding hydrogens is 214 g/mol. The van der Waals surface area contributed by atoms with Crippen molar-refractivity contribution in [3.05, 3.63) is 29.3 Å². The van der Waals surface area contributed by atoms with E-state index in [0.717, 1.165) is 30.6 Å². The largest absolute Gasteiger partial charge is 0.507 e. The minimum absolute atomic E-state index is 0.182. The third-order valence-corrected chi connectivity index (χ3v) is 3.17. The Morgan fingerprint density at radius 1 is 1.18 bits per heavy atom. The van der Waals surface area contributed by atoms with Crippen molar-refractivity contribution >= 4 is 5.57 Å². The standard InChI is InChI=1S/C14H19NO2/c1-9(2)11-7-12(16)14(13(17)8-11)10-3-5-15-6-4-10/h3,7-9,15-17H,4-6H2,1-2H3. The summed E-state index contributed by atoms with van der Waals surface area (Å²) in [6, 6.07) is 3.51. The van der Waals surface area contributed by atoms with Gasteiger partial charge in [-0.1, -0.05) is 19.9 Å². The highest BCUT2D eigenvalue weighted by Crippen LogP contribution is 2.38. The van der Waals surface area contributed by atoms with E-state index in [4.69, 9.17) is 0 Å². The minimum atomic E-state index is 0.182. The number of phenols is 2. The van der Waals surface area contributed by atoms with Crippen molar-refractivity contribution in [2.24, 2.45) is 0 Å². The molecule has 1 aliphatic heterocycles. The van der Waals surface area contributed by atoms with Crippen LogP contribution >= 0.6 is 0 Å². The predicted molar refractivity (Wildman–Crippen MR) is 69.3 cm³/mol. The third-order valence-electron chi connectivity index (χ3n) is 3.17. The summed E-state index contributed by atoms with van der Waals surface area (Å²) in [6.45, 7) is 5.76. The Morgan fingerprint density at radius 3 is 2.29 bits per heavy atom. The van der Waals surface area contributed by atoms with Gasteiger partial charge in [0, 0.05) is 6.54 Å². The van der Waals surface area contributed by atoms with Gasteiger partial charge in [-0.2, -0.15) is 0 Å². The maximum Gasteiger partial charge on any atom is 0.127 e. The van der Waals surface area contributed by atoms with E-state index in [1.54, 1.807) is 12.1 Å². The average Bonchev–Trinajstić information content (AvgIpc) is 2.29. The van der Waals surface area contributed by atoms with Gasteiger partial charge in [0.1, 0.15) is 11.5 Å². The topological polar surface area (TPSA) is 52.5 Å². The van der Waals surface area contributed by atoms with Crippen LogP contribution in [0.4, 0.5) is 0 Å². The van der Waals surface area contributed by atoms with E-state index in [1.807, 2.05) is 19.9 Å². The summed E-state index contributed by atoms with van der Waals surface area (Å²) < 4.78 is 0. The zero-order valence-electron chi connectivity index (χ0n) is 10.3. The van der Waals surface area contributed by atoms with Crippen molar-refractivity contribution in [1.29, 1.82) is 0 Å². The summed E-state index contributed by atoms with van der Waals surface area (Å²) in [5.74, 6) is 0.659. The van der Waals surface area contributed by atoms with Crippen LogP contribution in [0.15, 0.2) is 18.2 Å². The van der Waals surface area contributed by atoms with Crippen LogP contribution in [-0.4, -0.2) is 23.3 Å². The summed E-state index contributed by atoms with van der Waals surface area (Å²) in [5, 5.41) is 23.3. The minimum Gasteiger partial charge on any atom is -0.507 e. The van der Waals surface area contributed by atoms with Crippen LogP contribution in [0, 0.1) is 0 Å². The van der Waals surface area contributed by atoms with Gasteiger partial charge in [-0.15, -0.1) is 0 Å². The maximum absolute atomic E-state index is 10.1. The Hall–Kier alpha value is -1.48. The highest BCUT2D eigenvalue weighted by atomic mass is 16.3. The van der Waals surface area contributed by atoms with Crippen molar-refractivity contribution in [3.8, 4) is 11.5 Å². The van der Waals surface area contributed by atoms with E-state index in [9.17, 15) is 10.2 Å². The second-order valence-electron chi connectivity index (χ2n) is 4.77. The molecule has 1 heterocycles. The van der Waals surface area contributed by atoms with Gasteiger partial charge >= 0.3 is 0 Å². The Bertz CT molecular complexity index is 427. The number of hydrogen-bond donors (Lipinski definition) is 3. The van der Waals surface area contributed by atoms with Crippen LogP contribution in [0.1, 0.15) is 37.3 Å². The normalized spacial score (nSPS) is 16.1. The van der Waals surface area contributed by atoms with Crippen molar-refractivity contribution < 1.29 is 10.2 Å². The molecule has 0 spiro atoms. The molecule has 3 heteroatoms. The van der Waals surface area contributed by atoms with Gasteiger partial charge in [-0.3, -0.25) is 0 Å². The fourth-order valence-electron chi connectivity index (χ4n) is 2.14. The summed E-state index contributed by atoms with van der Waals surface area (Å²) in [6.07, 6.45) is 2.86. The molecule has 0 saturated carbocycles. The number of aromatic hydroxyl groups is 2. The number of hydrogen-bond acceptors (Lipinski definition) is 3. The first-order valence-electron chi connectivity index (χ1n) is 6.05. The van der Waals surface area contributed by atoms with E-state index in [-0.39, 0.29) is 11.5 Å². The van der Waals surface area contributed by atoms with Gasteiger partial charge in [0.25, 0.3) is 0 Å². The average molecular weight is 233 g/mol. The summed E-state index contributed by atoms with van der Waals surface area (Å²) in [7, 11) is 0. The first-order valence-corrected chi connectivity index (χ1v) is 6.05. The molecule has 0 aromatic heterocycles. The molecule has 1 aliphatic rings. The zero-order valence-corrected chi connectivity index (χ0v) is 10.3. The quantitative estimate of drug-likeness (QED) is 0.736. The number of nitrogens with one attached hydrogen (secondary N) is 1. The number of phenolic OH excluding ortho intramolecular Hbond substituents is 2. The summed E-state index contributed by atoms with van der Waals surface area (Å²) >= 11 is 0. The van der Waals surface area contributed by atoms with Gasteiger partial charge in [0.2, 0.25) is 0 Å². The van der Waals surface area contributed by atoms with Crippen molar-refractivity contribution in [2.75, 3.05) is 13.1 Å². The third kappa shape index (κ3) is 2.44. The molecule has 3 N–H and O–H groups in total. The van der Waals surface area contributed by atoms with Crippen LogP contribution in [0.2, 0.25) is 0 Å². The van der Waals surface area contributed by atoms with Crippen LogP contribution in [0.3, 0.4) is 0 Å².